The van der Waals surface area contributed by atoms with Crippen LogP contribution in [0, 0.1) is 12.8 Å². The zero-order valence-electron chi connectivity index (χ0n) is 8.45. The van der Waals surface area contributed by atoms with E-state index in [4.69, 9.17) is 5.11 Å². The van der Waals surface area contributed by atoms with E-state index in [2.05, 4.69) is 15.9 Å². The Labute approximate surface area is 96.2 Å². The highest BCUT2D eigenvalue weighted by atomic mass is 79.9. The molecule has 15 heavy (non-hydrogen) atoms. The average molecular weight is 271 g/mol. The second-order valence-corrected chi connectivity index (χ2v) is 4.30. The van der Waals surface area contributed by atoms with Crippen LogP contribution in [0.5, 0.6) is 0 Å². The molecule has 1 N–H and O–H groups in total. The minimum Gasteiger partial charge on any atom is -0.481 e. The van der Waals surface area contributed by atoms with Gasteiger partial charge in [-0.3, -0.25) is 9.59 Å². The number of benzene rings is 1. The molecule has 0 aliphatic rings. The lowest BCUT2D eigenvalue weighted by molar-refractivity contribution is -0.139. The van der Waals surface area contributed by atoms with Crippen LogP contribution in [0.2, 0.25) is 0 Å². The summed E-state index contributed by atoms with van der Waals surface area (Å²) in [5, 5.41) is 8.74. The smallest absolute Gasteiger partial charge is 0.314 e. The van der Waals surface area contributed by atoms with Crippen LogP contribution >= 0.6 is 15.9 Å². The molecule has 3 nitrogen and oxygen atoms in total. The van der Waals surface area contributed by atoms with E-state index in [1.54, 1.807) is 19.1 Å². The van der Waals surface area contributed by atoms with E-state index in [1.807, 2.05) is 6.07 Å². The maximum absolute atomic E-state index is 11.8. The fraction of sp³-hybridized carbons (Fsp3) is 0.273. The van der Waals surface area contributed by atoms with E-state index in [-0.39, 0.29) is 5.78 Å². The monoisotopic (exact) mass is 270 g/mol. The molecule has 0 bridgehead atoms. The predicted molar refractivity (Wildman–Crippen MR) is 60.0 cm³/mol. The number of Topliss-reactive ketones (excluding diaryl/α,β-unsaturated/α-hetero) is 1. The lowest BCUT2D eigenvalue weighted by atomic mass is 9.96. The number of rotatable bonds is 3. The summed E-state index contributed by atoms with van der Waals surface area (Å²) < 4.78 is 0.772. The van der Waals surface area contributed by atoms with Gasteiger partial charge in [0.15, 0.2) is 5.78 Å². The van der Waals surface area contributed by atoms with E-state index >= 15 is 0 Å². The van der Waals surface area contributed by atoms with Gasteiger partial charge in [0.2, 0.25) is 0 Å². The van der Waals surface area contributed by atoms with Gasteiger partial charge in [-0.05, 0) is 31.5 Å². The normalized spacial score (nSPS) is 12.2. The Morgan fingerprint density at radius 2 is 2.00 bits per heavy atom. The number of halogens is 1. The lowest BCUT2D eigenvalue weighted by Crippen LogP contribution is -2.21. The fourth-order valence-corrected chi connectivity index (χ4v) is 1.57. The molecule has 0 aliphatic carbocycles. The molecule has 0 amide bonds. The van der Waals surface area contributed by atoms with Crippen molar-refractivity contribution >= 4 is 27.7 Å². The van der Waals surface area contributed by atoms with Crippen LogP contribution in [0.3, 0.4) is 0 Å². The molecule has 0 radical (unpaired) electrons. The Balaban J connectivity index is 3.11. The summed E-state index contributed by atoms with van der Waals surface area (Å²) in [6, 6.07) is 5.25. The van der Waals surface area contributed by atoms with E-state index < -0.39 is 11.9 Å². The molecule has 1 atom stereocenters. The maximum atomic E-state index is 11.8. The van der Waals surface area contributed by atoms with Crippen LogP contribution in [0.4, 0.5) is 0 Å². The summed E-state index contributed by atoms with van der Waals surface area (Å²) >= 11 is 3.25. The Bertz CT molecular complexity index is 412. The first-order chi connectivity index (χ1) is 6.93. The van der Waals surface area contributed by atoms with Gasteiger partial charge in [-0.15, -0.1) is 0 Å². The highest BCUT2D eigenvalue weighted by Gasteiger charge is 2.23. The third-order valence-electron chi connectivity index (χ3n) is 2.23. The summed E-state index contributed by atoms with van der Waals surface area (Å²) in [5.41, 5.74) is 1.25. The van der Waals surface area contributed by atoms with Crippen molar-refractivity contribution in [2.24, 2.45) is 5.92 Å². The SMILES string of the molecule is Cc1ccc(Br)cc1C(=O)C(C)C(=O)O. The van der Waals surface area contributed by atoms with E-state index in [0.29, 0.717) is 5.56 Å². The van der Waals surface area contributed by atoms with Crippen LogP contribution in [0.1, 0.15) is 22.8 Å². The van der Waals surface area contributed by atoms with E-state index in [1.165, 1.54) is 6.92 Å². The van der Waals surface area contributed by atoms with Gasteiger partial charge in [-0.2, -0.15) is 0 Å². The highest BCUT2D eigenvalue weighted by molar-refractivity contribution is 9.10. The number of hydrogen-bond donors (Lipinski definition) is 1. The number of aryl methyl sites for hydroxylation is 1. The summed E-state index contributed by atoms with van der Waals surface area (Å²) in [5.74, 6) is -2.46. The third kappa shape index (κ3) is 2.65. The number of carboxylic acid groups (broad SMARTS) is 1. The molecule has 0 saturated carbocycles. The van der Waals surface area contributed by atoms with Crippen LogP contribution in [0.15, 0.2) is 22.7 Å². The predicted octanol–water partition coefficient (Wildman–Crippen LogP) is 2.66. The van der Waals surface area contributed by atoms with E-state index in [0.717, 1.165) is 10.0 Å². The number of carbonyl (C=O) groups is 2. The number of ketones is 1. The third-order valence-corrected chi connectivity index (χ3v) is 2.72. The minimum atomic E-state index is -1.10. The van der Waals surface area contributed by atoms with Crippen molar-refractivity contribution in [3.63, 3.8) is 0 Å². The topological polar surface area (TPSA) is 54.4 Å². The standard InChI is InChI=1S/C11H11BrO3/c1-6-3-4-8(12)5-9(6)10(13)7(2)11(14)15/h3-5,7H,1-2H3,(H,14,15). The fourth-order valence-electron chi connectivity index (χ4n) is 1.21. The lowest BCUT2D eigenvalue weighted by Gasteiger charge is -2.08. The first-order valence-electron chi connectivity index (χ1n) is 4.46. The van der Waals surface area contributed by atoms with Crippen molar-refractivity contribution in [1.29, 1.82) is 0 Å². The van der Waals surface area contributed by atoms with Gasteiger partial charge in [-0.1, -0.05) is 22.0 Å². The summed E-state index contributed by atoms with van der Waals surface area (Å²) in [4.78, 5) is 22.4. The van der Waals surface area contributed by atoms with Gasteiger partial charge in [0, 0.05) is 10.0 Å². The molecular formula is C11H11BrO3. The quantitative estimate of drug-likeness (QED) is 0.679. The van der Waals surface area contributed by atoms with Crippen LogP contribution in [-0.4, -0.2) is 16.9 Å². The molecule has 0 aromatic heterocycles. The molecule has 1 aromatic carbocycles. The highest BCUT2D eigenvalue weighted by Crippen LogP contribution is 2.19. The van der Waals surface area contributed by atoms with Gasteiger partial charge in [-0.25, -0.2) is 0 Å². The van der Waals surface area contributed by atoms with Gasteiger partial charge in [0.1, 0.15) is 5.92 Å². The second-order valence-electron chi connectivity index (χ2n) is 3.38. The van der Waals surface area contributed by atoms with Gasteiger partial charge < -0.3 is 5.11 Å². The van der Waals surface area contributed by atoms with Gasteiger partial charge in [0.05, 0.1) is 0 Å². The molecule has 0 spiro atoms. The van der Waals surface area contributed by atoms with Crippen LogP contribution < -0.4 is 0 Å². The Morgan fingerprint density at radius 3 is 2.53 bits per heavy atom. The first kappa shape index (κ1) is 11.9. The summed E-state index contributed by atoms with van der Waals surface area (Å²) in [7, 11) is 0. The van der Waals surface area contributed by atoms with Crippen molar-refractivity contribution in [3.8, 4) is 0 Å². The number of carbonyl (C=O) groups excluding carboxylic acids is 1. The Morgan fingerprint density at radius 1 is 1.40 bits per heavy atom. The molecule has 1 rings (SSSR count). The Hall–Kier alpha value is -1.16. The molecule has 4 heteroatoms. The van der Waals surface area contributed by atoms with Gasteiger partial charge >= 0.3 is 5.97 Å². The summed E-state index contributed by atoms with van der Waals surface area (Å²) in [6.07, 6.45) is 0. The largest absolute Gasteiger partial charge is 0.481 e. The average Bonchev–Trinajstić information content (AvgIpc) is 2.19. The Kier molecular flexibility index (Phi) is 3.63. The second kappa shape index (κ2) is 4.57. The molecule has 1 unspecified atom stereocenters. The first-order valence-corrected chi connectivity index (χ1v) is 5.26. The molecule has 0 aliphatic heterocycles. The molecular weight excluding hydrogens is 260 g/mol. The molecule has 0 heterocycles. The molecule has 0 fully saturated rings. The van der Waals surface area contributed by atoms with Crippen molar-refractivity contribution in [3.05, 3.63) is 33.8 Å². The minimum absolute atomic E-state index is 0.360. The summed E-state index contributed by atoms with van der Waals surface area (Å²) in [6.45, 7) is 3.18. The van der Waals surface area contributed by atoms with Crippen molar-refractivity contribution in [2.45, 2.75) is 13.8 Å². The zero-order chi connectivity index (χ0) is 11.6. The number of hydrogen-bond acceptors (Lipinski definition) is 2. The van der Waals surface area contributed by atoms with Crippen molar-refractivity contribution in [2.75, 3.05) is 0 Å². The number of aliphatic carboxylic acids is 1. The van der Waals surface area contributed by atoms with Crippen LogP contribution in [-0.2, 0) is 4.79 Å². The number of carboxylic acids is 1. The molecule has 0 saturated heterocycles. The molecule has 1 aromatic rings. The van der Waals surface area contributed by atoms with Crippen molar-refractivity contribution < 1.29 is 14.7 Å². The molecule has 80 valence electrons. The maximum Gasteiger partial charge on any atom is 0.314 e. The van der Waals surface area contributed by atoms with E-state index in [9.17, 15) is 9.59 Å². The zero-order valence-corrected chi connectivity index (χ0v) is 10.0. The van der Waals surface area contributed by atoms with Crippen LogP contribution in [0.25, 0.3) is 0 Å². The van der Waals surface area contributed by atoms with Crippen molar-refractivity contribution in [1.82, 2.24) is 0 Å². The van der Waals surface area contributed by atoms with Gasteiger partial charge in [0.25, 0.3) is 0 Å².